The van der Waals surface area contributed by atoms with E-state index in [1.54, 1.807) is 0 Å². The van der Waals surface area contributed by atoms with E-state index in [-0.39, 0.29) is 23.1 Å². The summed E-state index contributed by atoms with van der Waals surface area (Å²) in [6.07, 6.45) is 0.234. The maximum absolute atomic E-state index is 13.3. The van der Waals surface area contributed by atoms with Crippen LogP contribution in [0.3, 0.4) is 0 Å². The minimum absolute atomic E-state index is 0.0248. The fourth-order valence-electron chi connectivity index (χ4n) is 5.85. The van der Waals surface area contributed by atoms with Gasteiger partial charge in [0.25, 0.3) is 0 Å². The largest absolute Gasteiger partial charge is 0.419 e. The number of halogens is 3. The number of anilines is 1. The second-order valence-electron chi connectivity index (χ2n) is 9.73. The van der Waals surface area contributed by atoms with E-state index in [0.29, 0.717) is 25.3 Å². The van der Waals surface area contributed by atoms with Crippen molar-refractivity contribution in [2.45, 2.75) is 49.9 Å². The zero-order valence-corrected chi connectivity index (χ0v) is 19.0. The van der Waals surface area contributed by atoms with Crippen molar-refractivity contribution in [3.63, 3.8) is 0 Å². The van der Waals surface area contributed by atoms with Crippen LogP contribution in [0.2, 0.25) is 0 Å². The number of benzene rings is 1. The summed E-state index contributed by atoms with van der Waals surface area (Å²) in [5, 5.41) is 7.76. The van der Waals surface area contributed by atoms with Gasteiger partial charge < -0.3 is 16.0 Å². The van der Waals surface area contributed by atoms with Crippen molar-refractivity contribution in [1.29, 1.82) is 0 Å². The smallest absolute Gasteiger partial charge is 0.383 e. The lowest BCUT2D eigenvalue weighted by Gasteiger charge is -2.25. The van der Waals surface area contributed by atoms with Crippen LogP contribution in [0.1, 0.15) is 47.7 Å². The number of aromatic nitrogens is 3. The highest BCUT2D eigenvalue weighted by atomic mass is 19.4. The molecule has 6 rings (SSSR count). The molecular weight excluding hydrogens is 457 g/mol. The number of hydrogen-bond acceptors (Lipinski definition) is 4. The van der Waals surface area contributed by atoms with E-state index in [4.69, 9.17) is 5.73 Å². The number of rotatable bonds is 2. The number of nitrogens with two attached hydrogens (primary N) is 1. The summed E-state index contributed by atoms with van der Waals surface area (Å²) in [5.41, 5.74) is 8.38. The molecule has 2 aliphatic heterocycles. The molecule has 3 aromatic rings. The van der Waals surface area contributed by atoms with E-state index < -0.39 is 17.6 Å². The van der Waals surface area contributed by atoms with Crippen LogP contribution in [0, 0.1) is 0 Å². The summed E-state index contributed by atoms with van der Waals surface area (Å²) < 4.78 is 41.8. The van der Waals surface area contributed by atoms with Gasteiger partial charge in [0.15, 0.2) is 0 Å². The molecule has 1 aliphatic carbocycles. The van der Waals surface area contributed by atoms with Crippen LogP contribution >= 0.6 is 0 Å². The Morgan fingerprint density at radius 3 is 2.80 bits per heavy atom. The minimum Gasteiger partial charge on any atom is -0.383 e. The minimum atomic E-state index is -4.59. The van der Waals surface area contributed by atoms with Crippen molar-refractivity contribution in [1.82, 2.24) is 25.0 Å². The van der Waals surface area contributed by atoms with Crippen LogP contribution < -0.4 is 11.1 Å². The van der Waals surface area contributed by atoms with Crippen molar-refractivity contribution in [2.75, 3.05) is 18.8 Å². The number of urea groups is 1. The monoisotopic (exact) mass is 482 g/mol. The molecule has 182 valence electrons. The molecule has 1 fully saturated rings. The van der Waals surface area contributed by atoms with Crippen LogP contribution in [0.15, 0.2) is 42.6 Å². The van der Waals surface area contributed by atoms with Gasteiger partial charge in [-0.1, -0.05) is 24.3 Å². The summed E-state index contributed by atoms with van der Waals surface area (Å²) in [7, 11) is 0. The molecule has 4 heterocycles. The summed E-state index contributed by atoms with van der Waals surface area (Å²) in [4.78, 5) is 18.7. The van der Waals surface area contributed by atoms with Gasteiger partial charge in [-0.15, -0.1) is 0 Å². The number of carbonyl (C=O) groups is 1. The number of alkyl halides is 3. The Balaban J connectivity index is 1.21. The van der Waals surface area contributed by atoms with Gasteiger partial charge in [-0.2, -0.15) is 18.3 Å². The molecule has 2 atom stereocenters. The molecule has 1 aromatic carbocycles. The molecule has 0 radical (unpaired) electrons. The zero-order valence-electron chi connectivity index (χ0n) is 19.0. The molecule has 1 saturated heterocycles. The van der Waals surface area contributed by atoms with E-state index in [1.807, 2.05) is 27.8 Å². The van der Waals surface area contributed by atoms with E-state index in [1.165, 1.54) is 17.3 Å². The van der Waals surface area contributed by atoms with Gasteiger partial charge in [0.1, 0.15) is 5.82 Å². The topological polar surface area (TPSA) is 89.1 Å². The van der Waals surface area contributed by atoms with E-state index in [2.05, 4.69) is 27.5 Å². The first-order valence-electron chi connectivity index (χ1n) is 11.8. The van der Waals surface area contributed by atoms with Crippen molar-refractivity contribution in [3.8, 4) is 11.3 Å². The number of nitrogens with one attached hydrogen (secondary N) is 1. The average molecular weight is 483 g/mol. The fourth-order valence-corrected chi connectivity index (χ4v) is 5.85. The Hall–Kier alpha value is -3.56. The first kappa shape index (κ1) is 21.9. The maximum Gasteiger partial charge on any atom is 0.419 e. The molecule has 1 spiro atoms. The second kappa shape index (κ2) is 7.73. The van der Waals surface area contributed by atoms with Gasteiger partial charge in [0.05, 0.1) is 17.3 Å². The number of fused-ring (bicyclic) bond motifs is 3. The van der Waals surface area contributed by atoms with Gasteiger partial charge in [-0.05, 0) is 48.9 Å². The number of carbonyl (C=O) groups excluding carboxylic acids is 1. The van der Waals surface area contributed by atoms with Gasteiger partial charge in [0.2, 0.25) is 0 Å². The average Bonchev–Trinajstić information content (AvgIpc) is 3.59. The van der Waals surface area contributed by atoms with Crippen LogP contribution in [0.5, 0.6) is 0 Å². The third-order valence-corrected chi connectivity index (χ3v) is 7.72. The molecule has 3 N–H and O–H groups in total. The Bertz CT molecular complexity index is 1320. The van der Waals surface area contributed by atoms with Gasteiger partial charge >= 0.3 is 12.2 Å². The Morgan fingerprint density at radius 1 is 1.17 bits per heavy atom. The second-order valence-corrected chi connectivity index (χ2v) is 9.73. The lowest BCUT2D eigenvalue weighted by molar-refractivity contribution is -0.137. The van der Waals surface area contributed by atoms with Crippen LogP contribution in [-0.4, -0.2) is 38.8 Å². The third-order valence-electron chi connectivity index (χ3n) is 7.72. The maximum atomic E-state index is 13.3. The first-order chi connectivity index (χ1) is 16.7. The predicted molar refractivity (Wildman–Crippen MR) is 123 cm³/mol. The van der Waals surface area contributed by atoms with Crippen molar-refractivity contribution >= 4 is 11.8 Å². The highest BCUT2D eigenvalue weighted by Gasteiger charge is 2.47. The molecule has 2 aromatic heterocycles. The van der Waals surface area contributed by atoms with Gasteiger partial charge in [0, 0.05) is 42.5 Å². The van der Waals surface area contributed by atoms with Crippen molar-refractivity contribution in [2.24, 2.45) is 0 Å². The van der Waals surface area contributed by atoms with Crippen LogP contribution in [0.25, 0.3) is 11.3 Å². The predicted octanol–water partition coefficient (Wildman–Crippen LogP) is 4.29. The standard InChI is InChI=1S/C25H25F3N6O/c26-25(27,28)18-11-16(13-30-22(18)29)20-12-21-24(8-10-34(21)32-20)7-9-33(14-24)23(35)31-19-6-5-15-3-1-2-4-17(15)19/h1-4,11-13,19H,5-10,14H2,(H2,29,30)(H,31,35)/t19-,24?/m1/s1. The van der Waals surface area contributed by atoms with Crippen LogP contribution in [0.4, 0.5) is 23.8 Å². The quantitative estimate of drug-likeness (QED) is 0.570. The number of nitrogens with zero attached hydrogens (tertiary/aromatic N) is 4. The Kier molecular flexibility index (Phi) is 4.84. The summed E-state index contributed by atoms with van der Waals surface area (Å²) in [6, 6.07) is 11.0. The van der Waals surface area contributed by atoms with E-state index in [9.17, 15) is 18.0 Å². The SMILES string of the molecule is Nc1ncc(-c2cc3n(n2)CCC32CCN(C(=O)N[C@@H]3CCc4ccccc43)C2)cc1C(F)(F)F. The number of pyridine rings is 1. The van der Waals surface area contributed by atoms with Crippen LogP contribution in [-0.2, 0) is 24.6 Å². The van der Waals surface area contributed by atoms with Crippen molar-refractivity contribution < 1.29 is 18.0 Å². The van der Waals surface area contributed by atoms with Gasteiger partial charge in [-0.3, -0.25) is 4.68 Å². The lowest BCUT2D eigenvalue weighted by Crippen LogP contribution is -2.41. The fraction of sp³-hybridized carbons (Fsp3) is 0.400. The van der Waals surface area contributed by atoms with E-state index in [0.717, 1.165) is 37.4 Å². The Labute approximate surface area is 200 Å². The molecule has 7 nitrogen and oxygen atoms in total. The molecule has 35 heavy (non-hydrogen) atoms. The molecule has 10 heteroatoms. The molecule has 0 bridgehead atoms. The molecule has 0 saturated carbocycles. The van der Waals surface area contributed by atoms with E-state index >= 15 is 0 Å². The molecular formula is C25H25F3N6O. The summed E-state index contributed by atoms with van der Waals surface area (Å²) in [6.45, 7) is 1.85. The molecule has 3 aliphatic rings. The lowest BCUT2D eigenvalue weighted by atomic mass is 9.82. The zero-order chi connectivity index (χ0) is 24.4. The highest BCUT2D eigenvalue weighted by molar-refractivity contribution is 5.76. The first-order valence-corrected chi connectivity index (χ1v) is 11.8. The third kappa shape index (κ3) is 3.62. The Morgan fingerprint density at radius 2 is 1.97 bits per heavy atom. The van der Waals surface area contributed by atoms with Gasteiger partial charge in [-0.25, -0.2) is 9.78 Å². The normalized spacial score (nSPS) is 23.1. The molecule has 1 unspecified atom stereocenters. The number of likely N-dealkylation sites (tertiary alicyclic amines) is 1. The highest BCUT2D eigenvalue weighted by Crippen LogP contribution is 2.44. The summed E-state index contributed by atoms with van der Waals surface area (Å²) in [5.74, 6) is -0.549. The number of hydrogen-bond donors (Lipinski definition) is 2. The number of nitrogen functional groups attached to an aromatic ring is 1. The number of amides is 2. The summed E-state index contributed by atoms with van der Waals surface area (Å²) >= 11 is 0. The molecule has 2 amide bonds. The van der Waals surface area contributed by atoms with Crippen molar-refractivity contribution in [3.05, 3.63) is 65.0 Å². The number of aryl methyl sites for hydroxylation is 2.